The molecule has 2 aromatic carbocycles. The number of ketones is 1. The van der Waals surface area contributed by atoms with Crippen LogP contribution in [0.3, 0.4) is 0 Å². The fourth-order valence-corrected chi connectivity index (χ4v) is 3.12. The zero-order valence-electron chi connectivity index (χ0n) is 15.0. The van der Waals surface area contributed by atoms with Gasteiger partial charge in [0, 0.05) is 39.1 Å². The molecule has 0 atom stereocenters. The molecule has 0 N–H and O–H groups in total. The van der Waals surface area contributed by atoms with Crippen molar-refractivity contribution in [2.45, 2.75) is 6.42 Å². The molecule has 28 heavy (non-hydrogen) atoms. The molecule has 0 saturated carbocycles. The number of hydrogen-bond donors (Lipinski definition) is 0. The van der Waals surface area contributed by atoms with Crippen LogP contribution in [0.1, 0.15) is 27.1 Å². The molecule has 8 heteroatoms. The molecular formula is C20H20ClF3N2O2. The number of benzene rings is 2. The van der Waals surface area contributed by atoms with Crippen LogP contribution in [0.2, 0.25) is 0 Å². The second-order valence-corrected chi connectivity index (χ2v) is 6.38. The van der Waals surface area contributed by atoms with Crippen molar-refractivity contribution in [1.82, 2.24) is 9.80 Å². The predicted octanol–water partition coefficient (Wildman–Crippen LogP) is 3.56. The van der Waals surface area contributed by atoms with Gasteiger partial charge in [0.25, 0.3) is 5.91 Å². The van der Waals surface area contributed by atoms with Crippen LogP contribution < -0.4 is 0 Å². The molecule has 1 heterocycles. The van der Waals surface area contributed by atoms with E-state index in [1.165, 1.54) is 29.2 Å². The van der Waals surface area contributed by atoms with Gasteiger partial charge in [-0.15, -0.1) is 12.4 Å². The average molecular weight is 413 g/mol. The summed E-state index contributed by atoms with van der Waals surface area (Å²) in [6.07, 6.45) is 0.164. The Bertz CT molecular complexity index is 835. The van der Waals surface area contributed by atoms with Gasteiger partial charge in [0.1, 0.15) is 23.0 Å². The smallest absolute Gasteiger partial charge is 0.259 e. The molecule has 1 aliphatic rings. The highest BCUT2D eigenvalue weighted by atomic mass is 35.5. The maximum atomic E-state index is 13.8. The van der Waals surface area contributed by atoms with Crippen LogP contribution in [0, 0.1) is 17.5 Å². The molecule has 0 aliphatic carbocycles. The molecule has 2 aromatic rings. The number of piperazine rings is 1. The molecule has 1 aliphatic heterocycles. The number of rotatable bonds is 5. The minimum atomic E-state index is -0.877. The monoisotopic (exact) mass is 412 g/mol. The van der Waals surface area contributed by atoms with E-state index in [1.54, 1.807) is 6.07 Å². The lowest BCUT2D eigenvalue weighted by Gasteiger charge is -2.34. The van der Waals surface area contributed by atoms with Crippen molar-refractivity contribution < 1.29 is 22.8 Å². The molecule has 1 amide bonds. The highest BCUT2D eigenvalue weighted by molar-refractivity contribution is 5.96. The van der Waals surface area contributed by atoms with Crippen molar-refractivity contribution in [2.24, 2.45) is 0 Å². The van der Waals surface area contributed by atoms with Gasteiger partial charge in [0.2, 0.25) is 0 Å². The highest BCUT2D eigenvalue weighted by Gasteiger charge is 2.26. The molecule has 1 fully saturated rings. The summed E-state index contributed by atoms with van der Waals surface area (Å²) in [4.78, 5) is 27.9. The summed E-state index contributed by atoms with van der Waals surface area (Å²) in [6.45, 7) is 2.00. The fourth-order valence-electron chi connectivity index (χ4n) is 3.12. The van der Waals surface area contributed by atoms with Crippen LogP contribution in [0.25, 0.3) is 0 Å². The van der Waals surface area contributed by atoms with E-state index >= 15 is 0 Å². The van der Waals surface area contributed by atoms with Gasteiger partial charge in [0.05, 0.1) is 5.56 Å². The lowest BCUT2D eigenvalue weighted by molar-refractivity contribution is 0.0619. The fraction of sp³-hybridized carbons (Fsp3) is 0.300. The number of nitrogens with zero attached hydrogens (tertiary/aromatic N) is 2. The molecule has 0 bridgehead atoms. The number of amides is 1. The van der Waals surface area contributed by atoms with Crippen LogP contribution in [0.4, 0.5) is 13.2 Å². The second-order valence-electron chi connectivity index (χ2n) is 6.38. The molecule has 3 rings (SSSR count). The third kappa shape index (κ3) is 4.91. The number of carbonyl (C=O) groups excluding carboxylic acids is 2. The van der Waals surface area contributed by atoms with Gasteiger partial charge >= 0.3 is 0 Å². The summed E-state index contributed by atoms with van der Waals surface area (Å²) >= 11 is 0. The first-order valence-electron chi connectivity index (χ1n) is 8.70. The zero-order chi connectivity index (χ0) is 19.4. The summed E-state index contributed by atoms with van der Waals surface area (Å²) in [6, 6.07) is 9.17. The lowest BCUT2D eigenvalue weighted by Crippen LogP contribution is -2.49. The van der Waals surface area contributed by atoms with Crippen LogP contribution in [-0.4, -0.2) is 54.2 Å². The maximum absolute atomic E-state index is 13.8. The Morgan fingerprint density at radius 3 is 2.00 bits per heavy atom. The van der Waals surface area contributed by atoms with Crippen molar-refractivity contribution >= 4 is 24.1 Å². The molecular weight excluding hydrogens is 393 g/mol. The first kappa shape index (κ1) is 21.9. The summed E-state index contributed by atoms with van der Waals surface area (Å²) in [7, 11) is 0. The van der Waals surface area contributed by atoms with Gasteiger partial charge in [-0.2, -0.15) is 0 Å². The van der Waals surface area contributed by atoms with E-state index in [9.17, 15) is 22.8 Å². The van der Waals surface area contributed by atoms with Gasteiger partial charge in [-0.05, 0) is 24.3 Å². The standard InChI is InChI=1S/C20H19F3N2O2.ClH/c21-15-5-2-1-4-14(15)18(26)8-9-24-10-12-25(13-11-24)20(27)19-16(22)6-3-7-17(19)23;/h1-7H,8-13H2;1H. The van der Waals surface area contributed by atoms with E-state index in [2.05, 4.69) is 0 Å². The van der Waals surface area contributed by atoms with Crippen molar-refractivity contribution in [3.8, 4) is 0 Å². The van der Waals surface area contributed by atoms with Gasteiger partial charge in [0.15, 0.2) is 5.78 Å². The summed E-state index contributed by atoms with van der Waals surface area (Å²) in [5.74, 6) is -3.24. The maximum Gasteiger partial charge on any atom is 0.259 e. The Labute approximate surface area is 167 Å². The quantitative estimate of drug-likeness (QED) is 0.705. The second kappa shape index (κ2) is 9.71. The number of carbonyl (C=O) groups is 2. The van der Waals surface area contributed by atoms with E-state index in [1.807, 2.05) is 4.90 Å². The van der Waals surface area contributed by atoms with Gasteiger partial charge in [-0.1, -0.05) is 18.2 Å². The SMILES string of the molecule is Cl.O=C(CCN1CCN(C(=O)c2c(F)cccc2F)CC1)c1ccccc1F. The molecule has 0 aromatic heterocycles. The Balaban J connectivity index is 0.00000280. The number of halogens is 4. The van der Waals surface area contributed by atoms with Crippen molar-refractivity contribution in [2.75, 3.05) is 32.7 Å². The van der Waals surface area contributed by atoms with Gasteiger partial charge in [-0.3, -0.25) is 14.5 Å². The number of Topliss-reactive ketones (excluding diaryl/α,β-unsaturated/α-hetero) is 1. The topological polar surface area (TPSA) is 40.6 Å². The first-order chi connectivity index (χ1) is 13.0. The largest absolute Gasteiger partial charge is 0.336 e. The highest BCUT2D eigenvalue weighted by Crippen LogP contribution is 2.16. The summed E-state index contributed by atoms with van der Waals surface area (Å²) < 4.78 is 41.2. The van der Waals surface area contributed by atoms with E-state index in [-0.39, 0.29) is 30.2 Å². The third-order valence-corrected chi connectivity index (χ3v) is 4.67. The lowest BCUT2D eigenvalue weighted by atomic mass is 10.1. The Hall–Kier alpha value is -2.38. The minimum Gasteiger partial charge on any atom is -0.336 e. The normalized spacial score (nSPS) is 14.5. The Morgan fingerprint density at radius 1 is 0.821 bits per heavy atom. The van der Waals surface area contributed by atoms with Gasteiger partial charge < -0.3 is 4.90 Å². The van der Waals surface area contributed by atoms with Crippen LogP contribution in [-0.2, 0) is 0 Å². The molecule has 4 nitrogen and oxygen atoms in total. The van der Waals surface area contributed by atoms with Gasteiger partial charge in [-0.25, -0.2) is 13.2 Å². The Kier molecular flexibility index (Phi) is 7.60. The van der Waals surface area contributed by atoms with Crippen LogP contribution in [0.5, 0.6) is 0 Å². The van der Waals surface area contributed by atoms with E-state index in [0.717, 1.165) is 12.1 Å². The molecule has 0 spiro atoms. The minimum absolute atomic E-state index is 0. The summed E-state index contributed by atoms with van der Waals surface area (Å²) in [5.41, 5.74) is -0.470. The first-order valence-corrected chi connectivity index (χ1v) is 8.70. The molecule has 0 unspecified atom stereocenters. The van der Waals surface area contributed by atoms with Crippen molar-refractivity contribution in [3.05, 3.63) is 71.0 Å². The number of hydrogen-bond acceptors (Lipinski definition) is 3. The van der Waals surface area contributed by atoms with Crippen LogP contribution in [0.15, 0.2) is 42.5 Å². The Morgan fingerprint density at radius 2 is 1.39 bits per heavy atom. The average Bonchev–Trinajstić information content (AvgIpc) is 2.66. The van der Waals surface area contributed by atoms with Crippen molar-refractivity contribution in [3.63, 3.8) is 0 Å². The van der Waals surface area contributed by atoms with Crippen LogP contribution >= 0.6 is 12.4 Å². The summed E-state index contributed by atoms with van der Waals surface area (Å²) in [5, 5.41) is 0. The van der Waals surface area contributed by atoms with Crippen molar-refractivity contribution in [1.29, 1.82) is 0 Å². The van der Waals surface area contributed by atoms with E-state index in [4.69, 9.17) is 0 Å². The molecule has 1 saturated heterocycles. The zero-order valence-corrected chi connectivity index (χ0v) is 15.9. The van der Waals surface area contributed by atoms with E-state index < -0.39 is 28.9 Å². The predicted molar refractivity (Wildman–Crippen MR) is 101 cm³/mol. The molecule has 150 valence electrons. The molecule has 0 radical (unpaired) electrons. The third-order valence-electron chi connectivity index (χ3n) is 4.67. The van der Waals surface area contributed by atoms with E-state index in [0.29, 0.717) is 32.7 Å².